The summed E-state index contributed by atoms with van der Waals surface area (Å²) >= 11 is 0. The van der Waals surface area contributed by atoms with Gasteiger partial charge in [0.25, 0.3) is 0 Å². The van der Waals surface area contributed by atoms with Crippen molar-refractivity contribution in [1.29, 1.82) is 0 Å². The van der Waals surface area contributed by atoms with E-state index < -0.39 is 0 Å². The van der Waals surface area contributed by atoms with Crippen molar-refractivity contribution in [2.45, 2.75) is 26.3 Å². The highest BCUT2D eigenvalue weighted by Crippen LogP contribution is 2.14. The molecule has 0 radical (unpaired) electrons. The quantitative estimate of drug-likeness (QED) is 0.545. The second kappa shape index (κ2) is 9.62. The van der Waals surface area contributed by atoms with Crippen LogP contribution in [-0.4, -0.2) is 26.7 Å². The third kappa shape index (κ3) is 6.42. The maximum Gasteiger partial charge on any atom is 0.306 e. The lowest BCUT2D eigenvalue weighted by Gasteiger charge is -2.11. The summed E-state index contributed by atoms with van der Waals surface area (Å²) in [4.78, 5) is 13.4. The van der Waals surface area contributed by atoms with Crippen molar-refractivity contribution in [3.8, 4) is 0 Å². The second-order valence-electron chi connectivity index (χ2n) is 6.10. The van der Waals surface area contributed by atoms with E-state index in [1.807, 2.05) is 33.4 Å². The van der Waals surface area contributed by atoms with Crippen LogP contribution in [0.15, 0.2) is 48.8 Å². The second-order valence-corrected chi connectivity index (χ2v) is 6.10. The molecule has 2 aromatic rings. The number of aromatic nitrogens is 1. The van der Waals surface area contributed by atoms with Gasteiger partial charge < -0.3 is 9.64 Å². The summed E-state index contributed by atoms with van der Waals surface area (Å²) in [6.45, 7) is 3.09. The zero-order chi connectivity index (χ0) is 18.1. The van der Waals surface area contributed by atoms with Crippen LogP contribution in [0.3, 0.4) is 0 Å². The van der Waals surface area contributed by atoms with Crippen molar-refractivity contribution in [1.82, 2.24) is 0 Å². The summed E-state index contributed by atoms with van der Waals surface area (Å²) < 4.78 is 7.02. The predicted octanol–water partition coefficient (Wildman–Crippen LogP) is 3.55. The van der Waals surface area contributed by atoms with Crippen LogP contribution in [0.5, 0.6) is 0 Å². The highest BCUT2D eigenvalue weighted by atomic mass is 16.5. The average Bonchev–Trinajstić information content (AvgIpc) is 2.61. The fraction of sp³-hybridized carbons (Fsp3) is 0.333. The largest absolute Gasteiger partial charge is 0.466 e. The molecule has 1 aromatic heterocycles. The van der Waals surface area contributed by atoms with Gasteiger partial charge in [-0.2, -0.15) is 0 Å². The molecule has 132 valence electrons. The molecule has 0 aliphatic rings. The molecule has 0 amide bonds. The standard InChI is InChI=1S/C21H27N2O2/c1-4-25-21(24)6-5-15-23-16-13-19(14-17-23)8-7-18-9-11-20(12-10-18)22(2)3/h7-14,16-17H,4-6,15H2,1-3H3/q+1. The number of hydrogen-bond acceptors (Lipinski definition) is 3. The molecule has 4 nitrogen and oxygen atoms in total. The average molecular weight is 339 g/mol. The van der Waals surface area contributed by atoms with Crippen molar-refractivity contribution in [3.05, 3.63) is 59.9 Å². The number of esters is 1. The van der Waals surface area contributed by atoms with Crippen molar-refractivity contribution in [2.24, 2.45) is 0 Å². The van der Waals surface area contributed by atoms with Crippen LogP contribution in [0.2, 0.25) is 0 Å². The van der Waals surface area contributed by atoms with Crippen molar-refractivity contribution >= 4 is 23.8 Å². The van der Waals surface area contributed by atoms with E-state index in [1.165, 1.54) is 11.3 Å². The molecular weight excluding hydrogens is 312 g/mol. The van der Waals surface area contributed by atoms with Gasteiger partial charge in [-0.3, -0.25) is 4.79 Å². The number of anilines is 1. The Labute approximate surface area is 150 Å². The normalized spacial score (nSPS) is 10.8. The van der Waals surface area contributed by atoms with Gasteiger partial charge in [0.05, 0.1) is 13.0 Å². The molecule has 25 heavy (non-hydrogen) atoms. The molecule has 0 N–H and O–H groups in total. The van der Waals surface area contributed by atoms with Crippen LogP contribution in [0.1, 0.15) is 30.9 Å². The van der Waals surface area contributed by atoms with Crippen LogP contribution < -0.4 is 9.47 Å². The Kier molecular flexibility index (Phi) is 7.20. The van der Waals surface area contributed by atoms with Gasteiger partial charge in [-0.25, -0.2) is 4.57 Å². The molecule has 0 saturated carbocycles. The summed E-state index contributed by atoms with van der Waals surface area (Å²) in [6, 6.07) is 12.6. The molecule has 0 saturated heterocycles. The number of carbonyl (C=O) groups is 1. The Morgan fingerprint density at radius 1 is 1.04 bits per heavy atom. The lowest BCUT2D eigenvalue weighted by Crippen LogP contribution is -2.32. The Morgan fingerprint density at radius 2 is 1.64 bits per heavy atom. The number of hydrogen-bond donors (Lipinski definition) is 0. The summed E-state index contributed by atoms with van der Waals surface area (Å²) in [7, 11) is 4.08. The number of carbonyl (C=O) groups excluding carboxylic acids is 1. The molecule has 0 unspecified atom stereocenters. The number of ether oxygens (including phenoxy) is 1. The Hall–Kier alpha value is -2.62. The van der Waals surface area contributed by atoms with Gasteiger partial charge in [0.1, 0.15) is 6.54 Å². The number of nitrogens with zero attached hydrogens (tertiary/aromatic N) is 2. The summed E-state index contributed by atoms with van der Waals surface area (Å²) in [6.07, 6.45) is 9.55. The topological polar surface area (TPSA) is 33.4 Å². The lowest BCUT2D eigenvalue weighted by molar-refractivity contribution is -0.697. The molecule has 0 aliphatic carbocycles. The summed E-state index contributed by atoms with van der Waals surface area (Å²) in [5, 5.41) is 0. The van der Waals surface area contributed by atoms with E-state index in [-0.39, 0.29) is 5.97 Å². The predicted molar refractivity (Wildman–Crippen MR) is 102 cm³/mol. The van der Waals surface area contributed by atoms with E-state index in [0.717, 1.165) is 18.5 Å². The van der Waals surface area contributed by atoms with Crippen molar-refractivity contribution in [3.63, 3.8) is 0 Å². The van der Waals surface area contributed by atoms with Gasteiger partial charge in [0, 0.05) is 38.3 Å². The fourth-order valence-electron chi connectivity index (χ4n) is 2.44. The van der Waals surface area contributed by atoms with Gasteiger partial charge in [-0.05, 0) is 30.2 Å². The molecule has 0 atom stereocenters. The third-order valence-electron chi connectivity index (χ3n) is 3.90. The minimum Gasteiger partial charge on any atom is -0.466 e. The first-order valence-electron chi connectivity index (χ1n) is 8.68. The first-order chi connectivity index (χ1) is 12.1. The SMILES string of the molecule is CCOC(=O)CCC[n+]1ccc(/C=C/c2ccc(N(C)C)cc2)cc1. The van der Waals surface area contributed by atoms with Crippen LogP contribution >= 0.6 is 0 Å². The van der Waals surface area contributed by atoms with E-state index in [4.69, 9.17) is 4.74 Å². The van der Waals surface area contributed by atoms with Crippen molar-refractivity contribution in [2.75, 3.05) is 25.6 Å². The molecule has 0 bridgehead atoms. The Morgan fingerprint density at radius 3 is 2.20 bits per heavy atom. The lowest BCUT2D eigenvalue weighted by atomic mass is 10.1. The molecule has 0 spiro atoms. The molecule has 0 aliphatic heterocycles. The third-order valence-corrected chi connectivity index (χ3v) is 3.90. The van der Waals surface area contributed by atoms with Crippen molar-refractivity contribution < 1.29 is 14.1 Å². The molecule has 1 aromatic carbocycles. The number of rotatable bonds is 8. The maximum atomic E-state index is 11.3. The molecule has 4 heteroatoms. The van der Waals surface area contributed by atoms with E-state index in [2.05, 4.69) is 58.0 Å². The first-order valence-corrected chi connectivity index (χ1v) is 8.68. The smallest absolute Gasteiger partial charge is 0.306 e. The fourth-order valence-corrected chi connectivity index (χ4v) is 2.44. The van der Waals surface area contributed by atoms with Crippen LogP contribution in [0, 0.1) is 0 Å². The van der Waals surface area contributed by atoms with Crippen LogP contribution in [0.25, 0.3) is 12.2 Å². The first kappa shape index (κ1) is 18.7. The molecule has 0 fully saturated rings. The number of pyridine rings is 1. The zero-order valence-electron chi connectivity index (χ0n) is 15.3. The summed E-state index contributed by atoms with van der Waals surface area (Å²) in [5.74, 6) is -0.122. The number of benzene rings is 1. The van der Waals surface area contributed by atoms with E-state index in [0.29, 0.717) is 13.0 Å². The van der Waals surface area contributed by atoms with Gasteiger partial charge in [0.15, 0.2) is 12.4 Å². The van der Waals surface area contributed by atoms with Gasteiger partial charge in [-0.15, -0.1) is 0 Å². The molecule has 1 heterocycles. The Balaban J connectivity index is 1.86. The minimum atomic E-state index is -0.122. The van der Waals surface area contributed by atoms with E-state index in [9.17, 15) is 4.79 Å². The van der Waals surface area contributed by atoms with Gasteiger partial charge in [0.2, 0.25) is 0 Å². The Bertz CT molecular complexity index is 689. The van der Waals surface area contributed by atoms with E-state index in [1.54, 1.807) is 0 Å². The molecule has 2 rings (SSSR count). The van der Waals surface area contributed by atoms with E-state index >= 15 is 0 Å². The number of aryl methyl sites for hydroxylation is 1. The monoisotopic (exact) mass is 339 g/mol. The maximum absolute atomic E-state index is 11.3. The molecular formula is C21H27N2O2+. The van der Waals surface area contributed by atoms with Gasteiger partial charge in [-0.1, -0.05) is 24.3 Å². The van der Waals surface area contributed by atoms with Crippen LogP contribution in [-0.2, 0) is 16.1 Å². The van der Waals surface area contributed by atoms with Gasteiger partial charge >= 0.3 is 5.97 Å². The minimum absolute atomic E-state index is 0.122. The zero-order valence-corrected chi connectivity index (χ0v) is 15.3. The highest BCUT2D eigenvalue weighted by molar-refractivity contribution is 5.70. The van der Waals surface area contributed by atoms with Crippen LogP contribution in [0.4, 0.5) is 5.69 Å². The summed E-state index contributed by atoms with van der Waals surface area (Å²) in [5.41, 5.74) is 3.52. The highest BCUT2D eigenvalue weighted by Gasteiger charge is 2.05.